The number of halogens is 1. The fraction of sp³-hybridized carbons (Fsp3) is 0.556. The summed E-state index contributed by atoms with van der Waals surface area (Å²) in [6, 6.07) is 6.97. The van der Waals surface area contributed by atoms with Crippen molar-refractivity contribution in [3.05, 3.63) is 33.8 Å². The summed E-state index contributed by atoms with van der Waals surface area (Å²) in [7, 11) is 0. The van der Waals surface area contributed by atoms with E-state index in [-0.39, 0.29) is 0 Å². The van der Waals surface area contributed by atoms with Crippen molar-refractivity contribution in [2.45, 2.75) is 25.0 Å². The van der Waals surface area contributed by atoms with Crippen LogP contribution >= 0.6 is 15.9 Å². The molecule has 23 heavy (non-hydrogen) atoms. The highest BCUT2D eigenvalue weighted by Gasteiger charge is 2.32. The van der Waals surface area contributed by atoms with E-state index in [4.69, 9.17) is 9.47 Å². The Bertz CT molecular complexity index is 601. The van der Waals surface area contributed by atoms with Gasteiger partial charge in [0.15, 0.2) is 0 Å². The number of nitrogens with zero attached hydrogens (tertiary/aromatic N) is 1. The van der Waals surface area contributed by atoms with E-state index in [9.17, 15) is 0 Å². The average molecular weight is 379 g/mol. The van der Waals surface area contributed by atoms with Crippen molar-refractivity contribution in [1.29, 1.82) is 0 Å². The number of morpholine rings is 1. The summed E-state index contributed by atoms with van der Waals surface area (Å²) in [6.45, 7) is 5.48. The molecule has 1 aliphatic carbocycles. The first-order valence-corrected chi connectivity index (χ1v) is 9.25. The van der Waals surface area contributed by atoms with Gasteiger partial charge >= 0.3 is 0 Å². The van der Waals surface area contributed by atoms with Crippen molar-refractivity contribution in [2.24, 2.45) is 0 Å². The van der Waals surface area contributed by atoms with Gasteiger partial charge in [0.05, 0.1) is 12.7 Å². The van der Waals surface area contributed by atoms with Gasteiger partial charge in [-0.2, -0.15) is 0 Å². The molecule has 2 heterocycles. The lowest BCUT2D eigenvalue weighted by atomic mass is 10.1. The first kappa shape index (κ1) is 15.6. The summed E-state index contributed by atoms with van der Waals surface area (Å²) < 4.78 is 12.8. The Hall–Kier alpha value is -0.880. The highest BCUT2D eigenvalue weighted by Crippen LogP contribution is 2.29. The topological polar surface area (TPSA) is 33.7 Å². The molecule has 0 radical (unpaired) electrons. The van der Waals surface area contributed by atoms with Crippen LogP contribution in [0.3, 0.4) is 0 Å². The molecule has 1 unspecified atom stereocenters. The summed E-state index contributed by atoms with van der Waals surface area (Å²) in [5.74, 6) is 0.965. The van der Waals surface area contributed by atoms with E-state index < -0.39 is 0 Å². The van der Waals surface area contributed by atoms with E-state index in [1.165, 1.54) is 18.4 Å². The van der Waals surface area contributed by atoms with Crippen LogP contribution in [0.4, 0.5) is 0 Å². The lowest BCUT2D eigenvalue weighted by molar-refractivity contribution is -0.0297. The number of benzene rings is 1. The van der Waals surface area contributed by atoms with Crippen LogP contribution in [0.2, 0.25) is 0 Å². The summed E-state index contributed by atoms with van der Waals surface area (Å²) in [5, 5.41) is 3.54. The minimum absolute atomic E-state index is 0.316. The SMILES string of the molecule is Brc1ccc2c(c1)C=C(CNCC1CN(C3CC3)CCO1)CO2. The maximum atomic E-state index is 5.89. The van der Waals surface area contributed by atoms with Gasteiger partial charge < -0.3 is 14.8 Å². The number of nitrogens with one attached hydrogen (secondary N) is 1. The van der Waals surface area contributed by atoms with Crippen molar-refractivity contribution in [1.82, 2.24) is 10.2 Å². The molecule has 1 saturated heterocycles. The predicted molar refractivity (Wildman–Crippen MR) is 94.8 cm³/mol. The molecule has 2 aliphatic heterocycles. The monoisotopic (exact) mass is 378 g/mol. The van der Waals surface area contributed by atoms with Crippen LogP contribution in [0.5, 0.6) is 5.75 Å². The van der Waals surface area contributed by atoms with Gasteiger partial charge in [-0.05, 0) is 42.7 Å². The molecular weight excluding hydrogens is 356 g/mol. The van der Waals surface area contributed by atoms with Crippen LogP contribution in [0, 0.1) is 0 Å². The molecule has 4 nitrogen and oxygen atoms in total. The lowest BCUT2D eigenvalue weighted by Gasteiger charge is -2.33. The van der Waals surface area contributed by atoms with Gasteiger partial charge in [0.1, 0.15) is 12.4 Å². The van der Waals surface area contributed by atoms with Gasteiger partial charge in [0.2, 0.25) is 0 Å². The quantitative estimate of drug-likeness (QED) is 0.853. The molecule has 1 saturated carbocycles. The molecule has 0 amide bonds. The van der Waals surface area contributed by atoms with Crippen molar-refractivity contribution >= 4 is 22.0 Å². The van der Waals surface area contributed by atoms with E-state index in [0.717, 1.165) is 54.6 Å². The molecule has 4 rings (SSSR count). The first-order valence-electron chi connectivity index (χ1n) is 8.46. The smallest absolute Gasteiger partial charge is 0.127 e. The highest BCUT2D eigenvalue weighted by atomic mass is 79.9. The zero-order chi connectivity index (χ0) is 15.6. The van der Waals surface area contributed by atoms with Crippen LogP contribution in [-0.2, 0) is 4.74 Å². The molecule has 2 fully saturated rings. The number of hydrogen-bond donors (Lipinski definition) is 1. The second kappa shape index (κ2) is 6.93. The summed E-state index contributed by atoms with van der Waals surface area (Å²) in [4.78, 5) is 2.59. The number of hydrogen-bond acceptors (Lipinski definition) is 4. The minimum atomic E-state index is 0.316. The van der Waals surface area contributed by atoms with Crippen LogP contribution in [0.15, 0.2) is 28.2 Å². The molecule has 3 aliphatic rings. The van der Waals surface area contributed by atoms with E-state index in [0.29, 0.717) is 12.7 Å². The zero-order valence-electron chi connectivity index (χ0n) is 13.3. The molecule has 1 aromatic carbocycles. The van der Waals surface area contributed by atoms with Crippen LogP contribution in [0.25, 0.3) is 6.08 Å². The Morgan fingerprint density at radius 2 is 2.22 bits per heavy atom. The molecule has 124 valence electrons. The van der Waals surface area contributed by atoms with Gasteiger partial charge in [-0.15, -0.1) is 0 Å². The van der Waals surface area contributed by atoms with Gasteiger partial charge in [-0.25, -0.2) is 0 Å². The Morgan fingerprint density at radius 1 is 1.30 bits per heavy atom. The van der Waals surface area contributed by atoms with Crippen LogP contribution in [-0.4, -0.2) is 56.4 Å². The second-order valence-corrected chi connectivity index (χ2v) is 7.54. The third-order valence-corrected chi connectivity index (χ3v) is 5.20. The van der Waals surface area contributed by atoms with Gasteiger partial charge in [-0.3, -0.25) is 4.90 Å². The lowest BCUT2D eigenvalue weighted by Crippen LogP contribution is -2.47. The molecule has 1 N–H and O–H groups in total. The Labute approximate surface area is 146 Å². The molecular formula is C18H23BrN2O2. The number of fused-ring (bicyclic) bond motifs is 1. The number of ether oxygens (including phenoxy) is 2. The molecule has 0 bridgehead atoms. The van der Waals surface area contributed by atoms with Crippen LogP contribution < -0.4 is 10.1 Å². The molecule has 1 atom stereocenters. The second-order valence-electron chi connectivity index (χ2n) is 6.62. The summed E-state index contributed by atoms with van der Waals surface area (Å²) in [6.07, 6.45) is 5.30. The third-order valence-electron chi connectivity index (χ3n) is 4.70. The fourth-order valence-electron chi connectivity index (χ4n) is 3.33. The normalized spacial score (nSPS) is 24.7. The summed E-state index contributed by atoms with van der Waals surface area (Å²) >= 11 is 3.52. The average Bonchev–Trinajstić information content (AvgIpc) is 3.40. The highest BCUT2D eigenvalue weighted by molar-refractivity contribution is 9.10. The first-order chi connectivity index (χ1) is 11.3. The van der Waals surface area contributed by atoms with Gasteiger partial charge in [0, 0.05) is 42.3 Å². The standard InChI is InChI=1S/C18H23BrN2O2/c19-15-1-4-18-14(8-15)7-13(12-23-18)9-20-10-17-11-21(5-6-22-17)16-2-3-16/h1,4,7-8,16-17,20H,2-3,5-6,9-12H2. The van der Waals surface area contributed by atoms with Crippen LogP contribution in [0.1, 0.15) is 18.4 Å². The maximum absolute atomic E-state index is 5.89. The van der Waals surface area contributed by atoms with Crippen molar-refractivity contribution in [3.8, 4) is 5.75 Å². The van der Waals surface area contributed by atoms with Gasteiger partial charge in [0.25, 0.3) is 0 Å². The Morgan fingerprint density at radius 3 is 3.09 bits per heavy atom. The van der Waals surface area contributed by atoms with E-state index in [1.807, 2.05) is 12.1 Å². The van der Waals surface area contributed by atoms with E-state index in [1.54, 1.807) is 0 Å². The van der Waals surface area contributed by atoms with E-state index in [2.05, 4.69) is 38.3 Å². The Balaban J connectivity index is 1.28. The molecule has 0 aromatic heterocycles. The zero-order valence-corrected chi connectivity index (χ0v) is 14.8. The Kier molecular flexibility index (Phi) is 4.71. The predicted octanol–water partition coefficient (Wildman–Crippen LogP) is 2.68. The molecule has 5 heteroatoms. The summed E-state index contributed by atoms with van der Waals surface area (Å²) in [5.41, 5.74) is 2.43. The largest absolute Gasteiger partial charge is 0.489 e. The maximum Gasteiger partial charge on any atom is 0.127 e. The minimum Gasteiger partial charge on any atom is -0.489 e. The third kappa shape index (κ3) is 3.97. The van der Waals surface area contributed by atoms with Crippen molar-refractivity contribution in [2.75, 3.05) is 39.4 Å². The number of rotatable bonds is 5. The van der Waals surface area contributed by atoms with E-state index >= 15 is 0 Å². The van der Waals surface area contributed by atoms with Crippen molar-refractivity contribution < 1.29 is 9.47 Å². The van der Waals surface area contributed by atoms with Crippen molar-refractivity contribution in [3.63, 3.8) is 0 Å². The van der Waals surface area contributed by atoms with Gasteiger partial charge in [-0.1, -0.05) is 15.9 Å². The fourth-order valence-corrected chi connectivity index (χ4v) is 3.71. The molecule has 0 spiro atoms. The molecule has 1 aromatic rings.